The molecule has 76 valence electrons. The Bertz CT molecular complexity index is 278. The van der Waals surface area contributed by atoms with Crippen LogP contribution in [-0.4, -0.2) is 29.2 Å². The molecule has 0 amide bonds. The maximum Gasteiger partial charge on any atom is 0.222 e. The molecule has 1 aliphatic rings. The van der Waals surface area contributed by atoms with Gasteiger partial charge in [-0.1, -0.05) is 0 Å². The minimum Gasteiger partial charge on any atom is -0.379 e. The maximum atomic E-state index is 5.38. The third-order valence-corrected chi connectivity index (χ3v) is 2.64. The van der Waals surface area contributed by atoms with Crippen LogP contribution in [0.1, 0.15) is 19.3 Å². The number of nitrogens with zero attached hydrogens (tertiary/aromatic N) is 2. The monoisotopic (exact) mass is 193 g/mol. The van der Waals surface area contributed by atoms with Gasteiger partial charge in [0.1, 0.15) is 0 Å². The van der Waals surface area contributed by atoms with Gasteiger partial charge in [0, 0.05) is 19.5 Å². The number of nitrogens with one attached hydrogen (secondary N) is 1. The van der Waals surface area contributed by atoms with E-state index in [-0.39, 0.29) is 0 Å². The van der Waals surface area contributed by atoms with Crippen LogP contribution in [0.3, 0.4) is 0 Å². The van der Waals surface area contributed by atoms with Crippen molar-refractivity contribution in [1.82, 2.24) is 9.97 Å². The molecule has 1 aliphatic carbocycles. The van der Waals surface area contributed by atoms with Crippen LogP contribution >= 0.6 is 0 Å². The molecular formula is C10H15N3O. The summed E-state index contributed by atoms with van der Waals surface area (Å²) in [4.78, 5) is 8.27. The van der Waals surface area contributed by atoms with E-state index in [2.05, 4.69) is 15.3 Å². The van der Waals surface area contributed by atoms with Crippen molar-refractivity contribution in [2.24, 2.45) is 0 Å². The lowest BCUT2D eigenvalue weighted by Crippen LogP contribution is -2.30. The zero-order valence-electron chi connectivity index (χ0n) is 8.31. The second-order valence-electron chi connectivity index (χ2n) is 3.53. The van der Waals surface area contributed by atoms with Gasteiger partial charge in [0.05, 0.1) is 12.1 Å². The Hall–Kier alpha value is -1.16. The quantitative estimate of drug-likeness (QED) is 0.789. The summed E-state index contributed by atoms with van der Waals surface area (Å²) in [5.74, 6) is 0.696. The second-order valence-corrected chi connectivity index (χ2v) is 3.53. The predicted molar refractivity (Wildman–Crippen MR) is 54.1 cm³/mol. The van der Waals surface area contributed by atoms with Gasteiger partial charge in [-0.05, 0) is 25.3 Å². The van der Waals surface area contributed by atoms with Gasteiger partial charge in [0.15, 0.2) is 0 Å². The molecule has 1 aromatic rings. The van der Waals surface area contributed by atoms with E-state index in [4.69, 9.17) is 4.74 Å². The SMILES string of the molecule is COC1CCCC1Nc1ncccn1. The number of hydrogen-bond donors (Lipinski definition) is 1. The summed E-state index contributed by atoms with van der Waals surface area (Å²) in [6.45, 7) is 0. The normalized spacial score (nSPS) is 26.4. The highest BCUT2D eigenvalue weighted by atomic mass is 16.5. The van der Waals surface area contributed by atoms with E-state index in [1.54, 1.807) is 19.5 Å². The van der Waals surface area contributed by atoms with Gasteiger partial charge in [-0.2, -0.15) is 0 Å². The van der Waals surface area contributed by atoms with Gasteiger partial charge < -0.3 is 10.1 Å². The largest absolute Gasteiger partial charge is 0.379 e. The highest BCUT2D eigenvalue weighted by molar-refractivity contribution is 5.25. The molecule has 1 heterocycles. The highest BCUT2D eigenvalue weighted by Gasteiger charge is 2.27. The van der Waals surface area contributed by atoms with Gasteiger partial charge in [0.2, 0.25) is 5.95 Å². The third kappa shape index (κ3) is 2.01. The first-order chi connectivity index (χ1) is 6.90. The van der Waals surface area contributed by atoms with Crippen LogP contribution in [0.2, 0.25) is 0 Å². The first kappa shape index (κ1) is 9.40. The van der Waals surface area contributed by atoms with Crippen LogP contribution in [0, 0.1) is 0 Å². The van der Waals surface area contributed by atoms with Crippen molar-refractivity contribution in [1.29, 1.82) is 0 Å². The van der Waals surface area contributed by atoms with E-state index >= 15 is 0 Å². The summed E-state index contributed by atoms with van der Waals surface area (Å²) in [7, 11) is 1.76. The molecule has 0 spiro atoms. The molecule has 1 aromatic heterocycles. The van der Waals surface area contributed by atoms with Crippen LogP contribution in [0.15, 0.2) is 18.5 Å². The van der Waals surface area contributed by atoms with Crippen LogP contribution in [0.25, 0.3) is 0 Å². The summed E-state index contributed by atoms with van der Waals surface area (Å²) in [6, 6.07) is 2.18. The lowest BCUT2D eigenvalue weighted by molar-refractivity contribution is 0.101. The number of rotatable bonds is 3. The summed E-state index contributed by atoms with van der Waals surface area (Å²) in [5, 5.41) is 3.29. The molecule has 4 nitrogen and oxygen atoms in total. The van der Waals surface area contributed by atoms with Crippen molar-refractivity contribution in [2.75, 3.05) is 12.4 Å². The Labute approximate surface area is 83.7 Å². The van der Waals surface area contributed by atoms with Crippen molar-refractivity contribution in [3.63, 3.8) is 0 Å². The Morgan fingerprint density at radius 3 is 2.86 bits per heavy atom. The third-order valence-electron chi connectivity index (χ3n) is 2.64. The van der Waals surface area contributed by atoms with E-state index in [1.165, 1.54) is 6.42 Å². The van der Waals surface area contributed by atoms with Gasteiger partial charge in [-0.15, -0.1) is 0 Å². The van der Waals surface area contributed by atoms with E-state index in [1.807, 2.05) is 6.07 Å². The fraction of sp³-hybridized carbons (Fsp3) is 0.600. The molecule has 1 fully saturated rings. The topological polar surface area (TPSA) is 47.0 Å². The summed E-state index contributed by atoms with van der Waals surface area (Å²) < 4.78 is 5.38. The molecule has 1 saturated carbocycles. The summed E-state index contributed by atoms with van der Waals surface area (Å²) in [6.07, 6.45) is 7.26. The van der Waals surface area contributed by atoms with E-state index in [9.17, 15) is 0 Å². The van der Waals surface area contributed by atoms with Crippen molar-refractivity contribution in [3.8, 4) is 0 Å². The molecule has 0 aliphatic heterocycles. The van der Waals surface area contributed by atoms with Crippen LogP contribution in [0.5, 0.6) is 0 Å². The zero-order valence-corrected chi connectivity index (χ0v) is 8.31. The molecule has 2 unspecified atom stereocenters. The molecule has 0 radical (unpaired) electrons. The Balaban J connectivity index is 1.97. The minimum absolute atomic E-state index is 0.304. The smallest absolute Gasteiger partial charge is 0.222 e. The van der Waals surface area contributed by atoms with Gasteiger partial charge in [-0.3, -0.25) is 0 Å². The number of ether oxygens (including phenoxy) is 1. The van der Waals surface area contributed by atoms with Crippen LogP contribution < -0.4 is 5.32 Å². The molecule has 4 heteroatoms. The Kier molecular flexibility index (Phi) is 2.93. The van der Waals surface area contributed by atoms with E-state index < -0.39 is 0 Å². The fourth-order valence-corrected chi connectivity index (χ4v) is 1.91. The summed E-state index contributed by atoms with van der Waals surface area (Å²) in [5.41, 5.74) is 0. The zero-order chi connectivity index (χ0) is 9.80. The molecule has 2 rings (SSSR count). The molecule has 0 bridgehead atoms. The molecule has 1 N–H and O–H groups in total. The average molecular weight is 193 g/mol. The van der Waals surface area contributed by atoms with Crippen molar-refractivity contribution >= 4 is 5.95 Å². The van der Waals surface area contributed by atoms with E-state index in [0.29, 0.717) is 18.1 Å². The van der Waals surface area contributed by atoms with Gasteiger partial charge in [-0.25, -0.2) is 9.97 Å². The maximum absolute atomic E-state index is 5.38. The highest BCUT2D eigenvalue weighted by Crippen LogP contribution is 2.23. The van der Waals surface area contributed by atoms with Crippen molar-refractivity contribution in [2.45, 2.75) is 31.4 Å². The first-order valence-electron chi connectivity index (χ1n) is 4.96. The summed E-state index contributed by atoms with van der Waals surface area (Å²) >= 11 is 0. The first-order valence-corrected chi connectivity index (χ1v) is 4.96. The van der Waals surface area contributed by atoms with Gasteiger partial charge >= 0.3 is 0 Å². The second kappa shape index (κ2) is 4.37. The van der Waals surface area contributed by atoms with Crippen molar-refractivity contribution in [3.05, 3.63) is 18.5 Å². The molecular weight excluding hydrogens is 178 g/mol. The number of anilines is 1. The van der Waals surface area contributed by atoms with Crippen LogP contribution in [0.4, 0.5) is 5.95 Å². The number of hydrogen-bond acceptors (Lipinski definition) is 4. The number of methoxy groups -OCH3 is 1. The Morgan fingerprint density at radius 1 is 1.36 bits per heavy atom. The van der Waals surface area contributed by atoms with Crippen LogP contribution in [-0.2, 0) is 4.74 Å². The molecule has 14 heavy (non-hydrogen) atoms. The lowest BCUT2D eigenvalue weighted by Gasteiger charge is -2.19. The standard InChI is InChI=1S/C10H15N3O/c1-14-9-5-2-4-8(9)13-10-11-6-3-7-12-10/h3,6-9H,2,4-5H2,1H3,(H,11,12,13). The lowest BCUT2D eigenvalue weighted by atomic mass is 10.2. The Morgan fingerprint density at radius 2 is 2.14 bits per heavy atom. The average Bonchev–Trinajstić information content (AvgIpc) is 2.67. The van der Waals surface area contributed by atoms with Gasteiger partial charge in [0.25, 0.3) is 0 Å². The number of aromatic nitrogens is 2. The van der Waals surface area contributed by atoms with E-state index in [0.717, 1.165) is 12.8 Å². The fourth-order valence-electron chi connectivity index (χ4n) is 1.91. The molecule has 2 atom stereocenters. The molecule has 0 saturated heterocycles. The minimum atomic E-state index is 0.304. The predicted octanol–water partition coefficient (Wildman–Crippen LogP) is 1.46. The van der Waals surface area contributed by atoms with Crippen molar-refractivity contribution < 1.29 is 4.74 Å². The molecule has 0 aromatic carbocycles.